The molecule has 1 aliphatic heterocycles. The third-order valence-electron chi connectivity index (χ3n) is 3.47. The Morgan fingerprint density at radius 3 is 2.86 bits per heavy atom. The van der Waals surface area contributed by atoms with Crippen molar-refractivity contribution in [1.29, 1.82) is 0 Å². The summed E-state index contributed by atoms with van der Waals surface area (Å²) in [6.07, 6.45) is 0.986. The van der Waals surface area contributed by atoms with Gasteiger partial charge in [-0.05, 0) is 33.3 Å². The van der Waals surface area contributed by atoms with Gasteiger partial charge in [-0.25, -0.2) is 4.79 Å². The van der Waals surface area contributed by atoms with E-state index in [1.165, 1.54) is 0 Å². The number of anilines is 1. The Morgan fingerprint density at radius 1 is 1.43 bits per heavy atom. The number of rotatable bonds is 5. The maximum absolute atomic E-state index is 12.1. The molecule has 0 aromatic heterocycles. The zero-order valence-electron chi connectivity index (χ0n) is 12.9. The first-order valence-electron chi connectivity index (χ1n) is 7.35. The number of amides is 2. The molecule has 1 saturated heterocycles. The van der Waals surface area contributed by atoms with Crippen LogP contribution < -0.4 is 10.6 Å². The molecule has 1 aliphatic rings. The minimum Gasteiger partial charge on any atom is -0.379 e. The summed E-state index contributed by atoms with van der Waals surface area (Å²) in [4.78, 5) is 12.1. The zero-order chi connectivity index (χ0) is 15.3. The molecule has 5 heteroatoms. The second-order valence-corrected chi connectivity index (χ2v) is 5.96. The highest BCUT2D eigenvalue weighted by Crippen LogP contribution is 2.19. The molecule has 21 heavy (non-hydrogen) atoms. The van der Waals surface area contributed by atoms with Crippen molar-refractivity contribution in [2.75, 3.05) is 18.5 Å². The monoisotopic (exact) mass is 292 g/mol. The van der Waals surface area contributed by atoms with Gasteiger partial charge in [0.25, 0.3) is 0 Å². The summed E-state index contributed by atoms with van der Waals surface area (Å²) in [6.45, 7) is 7.70. The van der Waals surface area contributed by atoms with Crippen LogP contribution in [0.3, 0.4) is 0 Å². The molecule has 1 atom stereocenters. The fourth-order valence-corrected chi connectivity index (χ4v) is 2.22. The van der Waals surface area contributed by atoms with Crippen molar-refractivity contribution >= 4 is 11.7 Å². The molecule has 1 fully saturated rings. The van der Waals surface area contributed by atoms with E-state index in [0.29, 0.717) is 19.8 Å². The Hall–Kier alpha value is -1.59. The first-order chi connectivity index (χ1) is 9.98. The molecule has 0 aliphatic carbocycles. The highest BCUT2D eigenvalue weighted by Gasteiger charge is 2.31. The lowest BCUT2D eigenvalue weighted by atomic mass is 10.0. The molecular formula is C16H24N2O3. The largest absolute Gasteiger partial charge is 0.379 e. The maximum Gasteiger partial charge on any atom is 0.319 e. The average molecular weight is 292 g/mol. The number of hydrogen-bond acceptors (Lipinski definition) is 3. The number of carbonyl (C=O) groups excluding carboxylic acids is 1. The molecule has 1 aromatic rings. The highest BCUT2D eigenvalue weighted by atomic mass is 16.5. The van der Waals surface area contributed by atoms with E-state index in [-0.39, 0.29) is 17.7 Å². The fraction of sp³-hybridized carbons (Fsp3) is 0.562. The normalized spacial score (nSPS) is 21.5. The van der Waals surface area contributed by atoms with E-state index in [9.17, 15) is 4.79 Å². The number of para-hydroxylation sites is 1. The summed E-state index contributed by atoms with van der Waals surface area (Å²) < 4.78 is 10.9. The SMILES string of the molecule is CC(C)OCc1ccccc1NC(=O)N[C@@]1(C)CCOC1. The van der Waals surface area contributed by atoms with Gasteiger partial charge in [0.05, 0.1) is 24.9 Å². The molecule has 0 saturated carbocycles. The third kappa shape index (κ3) is 4.72. The Balaban J connectivity index is 1.96. The predicted molar refractivity (Wildman–Crippen MR) is 82.4 cm³/mol. The van der Waals surface area contributed by atoms with Crippen molar-refractivity contribution in [2.45, 2.75) is 45.4 Å². The molecule has 1 aromatic carbocycles. The maximum atomic E-state index is 12.1. The standard InChI is InChI=1S/C16H24N2O3/c1-12(2)21-10-13-6-4-5-7-14(13)17-15(19)18-16(3)8-9-20-11-16/h4-7,12H,8-11H2,1-3H3,(H2,17,18,19)/t16-/m0/s1. The molecule has 2 rings (SSSR count). The van der Waals surface area contributed by atoms with E-state index >= 15 is 0 Å². The van der Waals surface area contributed by atoms with E-state index in [4.69, 9.17) is 9.47 Å². The van der Waals surface area contributed by atoms with Crippen molar-refractivity contribution < 1.29 is 14.3 Å². The summed E-state index contributed by atoms with van der Waals surface area (Å²) >= 11 is 0. The van der Waals surface area contributed by atoms with Crippen molar-refractivity contribution in [3.8, 4) is 0 Å². The second kappa shape index (κ2) is 6.91. The third-order valence-corrected chi connectivity index (χ3v) is 3.47. The van der Waals surface area contributed by atoms with Crippen LogP contribution >= 0.6 is 0 Å². The molecule has 2 N–H and O–H groups in total. The van der Waals surface area contributed by atoms with E-state index in [1.807, 2.05) is 45.0 Å². The molecule has 2 amide bonds. The van der Waals surface area contributed by atoms with Gasteiger partial charge in [0.1, 0.15) is 0 Å². The lowest BCUT2D eigenvalue weighted by Crippen LogP contribution is -2.48. The fourth-order valence-electron chi connectivity index (χ4n) is 2.22. The van der Waals surface area contributed by atoms with E-state index in [0.717, 1.165) is 17.7 Å². The molecular weight excluding hydrogens is 268 g/mol. The van der Waals surface area contributed by atoms with Crippen LogP contribution in [0.1, 0.15) is 32.8 Å². The van der Waals surface area contributed by atoms with Crippen LogP contribution in [-0.4, -0.2) is 30.9 Å². The second-order valence-electron chi connectivity index (χ2n) is 5.96. The van der Waals surface area contributed by atoms with Crippen molar-refractivity contribution in [2.24, 2.45) is 0 Å². The minimum atomic E-state index is -0.284. The van der Waals surface area contributed by atoms with Gasteiger partial charge in [0.15, 0.2) is 0 Å². The van der Waals surface area contributed by atoms with Crippen LogP contribution in [0.15, 0.2) is 24.3 Å². The lowest BCUT2D eigenvalue weighted by molar-refractivity contribution is 0.0660. The van der Waals surface area contributed by atoms with Gasteiger partial charge in [-0.15, -0.1) is 0 Å². The van der Waals surface area contributed by atoms with Gasteiger partial charge in [-0.1, -0.05) is 18.2 Å². The lowest BCUT2D eigenvalue weighted by Gasteiger charge is -2.24. The highest BCUT2D eigenvalue weighted by molar-refractivity contribution is 5.90. The van der Waals surface area contributed by atoms with Crippen LogP contribution in [-0.2, 0) is 16.1 Å². The van der Waals surface area contributed by atoms with Gasteiger partial charge >= 0.3 is 6.03 Å². The van der Waals surface area contributed by atoms with Gasteiger partial charge < -0.3 is 20.1 Å². The molecule has 0 spiro atoms. The van der Waals surface area contributed by atoms with Crippen LogP contribution in [0, 0.1) is 0 Å². The van der Waals surface area contributed by atoms with E-state index in [1.54, 1.807) is 0 Å². The molecule has 0 bridgehead atoms. The summed E-state index contributed by atoms with van der Waals surface area (Å²) in [6, 6.07) is 7.47. The number of benzene rings is 1. The molecule has 1 heterocycles. The molecule has 0 radical (unpaired) electrons. The van der Waals surface area contributed by atoms with E-state index in [2.05, 4.69) is 10.6 Å². The summed E-state index contributed by atoms with van der Waals surface area (Å²) in [5.41, 5.74) is 1.46. The summed E-state index contributed by atoms with van der Waals surface area (Å²) in [5, 5.41) is 5.88. The van der Waals surface area contributed by atoms with Crippen molar-refractivity contribution in [1.82, 2.24) is 5.32 Å². The molecule has 5 nitrogen and oxygen atoms in total. The van der Waals surface area contributed by atoms with Gasteiger partial charge in [0.2, 0.25) is 0 Å². The van der Waals surface area contributed by atoms with Crippen LogP contribution in [0.25, 0.3) is 0 Å². The Labute approximate surface area is 126 Å². The average Bonchev–Trinajstić information content (AvgIpc) is 2.83. The molecule has 116 valence electrons. The number of urea groups is 1. The minimum absolute atomic E-state index is 0.154. The number of carbonyl (C=O) groups is 1. The first kappa shape index (κ1) is 15.8. The Kier molecular flexibility index (Phi) is 5.20. The quantitative estimate of drug-likeness (QED) is 0.877. The van der Waals surface area contributed by atoms with E-state index < -0.39 is 0 Å². The zero-order valence-corrected chi connectivity index (χ0v) is 12.9. The van der Waals surface area contributed by atoms with Gasteiger partial charge in [-0.3, -0.25) is 0 Å². The predicted octanol–water partition coefficient (Wildman–Crippen LogP) is 2.91. The van der Waals surface area contributed by atoms with Gasteiger partial charge in [0, 0.05) is 17.9 Å². The van der Waals surface area contributed by atoms with Crippen LogP contribution in [0.2, 0.25) is 0 Å². The van der Waals surface area contributed by atoms with Crippen molar-refractivity contribution in [3.05, 3.63) is 29.8 Å². The van der Waals surface area contributed by atoms with Crippen molar-refractivity contribution in [3.63, 3.8) is 0 Å². The Morgan fingerprint density at radius 2 is 2.19 bits per heavy atom. The number of ether oxygens (including phenoxy) is 2. The summed E-state index contributed by atoms with van der Waals surface area (Å²) in [5.74, 6) is 0. The summed E-state index contributed by atoms with van der Waals surface area (Å²) in [7, 11) is 0. The first-order valence-corrected chi connectivity index (χ1v) is 7.35. The van der Waals surface area contributed by atoms with Gasteiger partial charge in [-0.2, -0.15) is 0 Å². The number of nitrogens with one attached hydrogen (secondary N) is 2. The number of hydrogen-bond donors (Lipinski definition) is 2. The Bertz CT molecular complexity index is 482. The smallest absolute Gasteiger partial charge is 0.319 e. The van der Waals surface area contributed by atoms with Crippen LogP contribution in [0.4, 0.5) is 10.5 Å². The topological polar surface area (TPSA) is 59.6 Å². The molecule has 0 unspecified atom stereocenters. The van der Waals surface area contributed by atoms with Crippen LogP contribution in [0.5, 0.6) is 0 Å².